The molecule has 0 spiro atoms. The first-order valence-corrected chi connectivity index (χ1v) is 8.42. The lowest BCUT2D eigenvalue weighted by Crippen LogP contribution is -2.40. The second-order valence-corrected chi connectivity index (χ2v) is 6.33. The van der Waals surface area contributed by atoms with Crippen LogP contribution in [-0.2, 0) is 4.79 Å². The van der Waals surface area contributed by atoms with E-state index >= 15 is 0 Å². The molecule has 2 atom stereocenters. The van der Waals surface area contributed by atoms with Gasteiger partial charge in [-0.3, -0.25) is 4.79 Å². The Morgan fingerprint density at radius 2 is 1.96 bits per heavy atom. The van der Waals surface area contributed by atoms with Crippen molar-refractivity contribution in [3.8, 4) is 5.75 Å². The molecular weight excluding hydrogens is 375 g/mol. The minimum absolute atomic E-state index is 0.0314. The standard InChI is InChI=1S/C18H20BrFN2O2/c1-12(21-2)11-22-18(23)17(13-6-4-3-5-7-13)24-16-9-8-14(19)10-15(16)20/h3-10,12,17,21H,11H2,1-2H3,(H,22,23). The highest BCUT2D eigenvalue weighted by Gasteiger charge is 2.24. The highest BCUT2D eigenvalue weighted by Crippen LogP contribution is 2.27. The molecule has 0 aromatic heterocycles. The van der Waals surface area contributed by atoms with E-state index in [9.17, 15) is 9.18 Å². The lowest BCUT2D eigenvalue weighted by atomic mass is 10.1. The van der Waals surface area contributed by atoms with Crippen molar-refractivity contribution in [2.24, 2.45) is 0 Å². The minimum atomic E-state index is -0.925. The van der Waals surface area contributed by atoms with Gasteiger partial charge in [0.15, 0.2) is 11.6 Å². The number of carbonyl (C=O) groups excluding carboxylic acids is 1. The van der Waals surface area contributed by atoms with Crippen LogP contribution in [0.4, 0.5) is 4.39 Å². The highest BCUT2D eigenvalue weighted by molar-refractivity contribution is 9.10. The van der Waals surface area contributed by atoms with E-state index in [4.69, 9.17) is 4.74 Å². The molecule has 0 aliphatic rings. The van der Waals surface area contributed by atoms with Crippen molar-refractivity contribution in [1.29, 1.82) is 0 Å². The molecule has 2 unspecified atom stereocenters. The second kappa shape index (κ2) is 8.80. The van der Waals surface area contributed by atoms with E-state index in [1.807, 2.05) is 32.2 Å². The number of carbonyl (C=O) groups is 1. The van der Waals surface area contributed by atoms with Gasteiger partial charge < -0.3 is 15.4 Å². The maximum absolute atomic E-state index is 14.1. The van der Waals surface area contributed by atoms with Crippen molar-refractivity contribution >= 4 is 21.8 Å². The smallest absolute Gasteiger partial charge is 0.265 e. The van der Waals surface area contributed by atoms with Crippen LogP contribution in [0.2, 0.25) is 0 Å². The number of likely N-dealkylation sites (N-methyl/N-ethyl adjacent to an activating group) is 1. The maximum Gasteiger partial charge on any atom is 0.265 e. The molecule has 0 aliphatic heterocycles. The van der Waals surface area contributed by atoms with Gasteiger partial charge in [0.05, 0.1) is 0 Å². The van der Waals surface area contributed by atoms with Gasteiger partial charge in [0.2, 0.25) is 6.10 Å². The fourth-order valence-corrected chi connectivity index (χ4v) is 2.38. The topological polar surface area (TPSA) is 50.4 Å². The van der Waals surface area contributed by atoms with Gasteiger partial charge in [-0.15, -0.1) is 0 Å². The molecule has 2 N–H and O–H groups in total. The summed E-state index contributed by atoms with van der Waals surface area (Å²) in [5, 5.41) is 5.87. The van der Waals surface area contributed by atoms with E-state index in [0.717, 1.165) is 0 Å². The van der Waals surface area contributed by atoms with Crippen molar-refractivity contribution in [2.75, 3.05) is 13.6 Å². The minimum Gasteiger partial charge on any atom is -0.473 e. The van der Waals surface area contributed by atoms with Crippen LogP contribution in [0.15, 0.2) is 53.0 Å². The summed E-state index contributed by atoms with van der Waals surface area (Å²) < 4.78 is 20.4. The zero-order valence-corrected chi connectivity index (χ0v) is 15.1. The first kappa shape index (κ1) is 18.4. The summed E-state index contributed by atoms with van der Waals surface area (Å²) in [5.41, 5.74) is 0.662. The molecule has 0 heterocycles. The molecule has 0 bridgehead atoms. The Bertz CT molecular complexity index is 682. The van der Waals surface area contributed by atoms with Crippen LogP contribution in [0.5, 0.6) is 5.75 Å². The average Bonchev–Trinajstić information content (AvgIpc) is 2.59. The molecule has 0 radical (unpaired) electrons. The van der Waals surface area contributed by atoms with Crippen molar-refractivity contribution in [3.63, 3.8) is 0 Å². The number of benzene rings is 2. The van der Waals surface area contributed by atoms with Gasteiger partial charge in [0.1, 0.15) is 0 Å². The largest absolute Gasteiger partial charge is 0.473 e. The molecule has 24 heavy (non-hydrogen) atoms. The van der Waals surface area contributed by atoms with Crippen LogP contribution in [0.3, 0.4) is 0 Å². The van der Waals surface area contributed by atoms with E-state index < -0.39 is 11.9 Å². The van der Waals surface area contributed by atoms with Crippen molar-refractivity contribution in [1.82, 2.24) is 10.6 Å². The molecule has 128 valence electrons. The molecule has 0 aliphatic carbocycles. The van der Waals surface area contributed by atoms with Crippen molar-refractivity contribution in [3.05, 3.63) is 64.4 Å². The SMILES string of the molecule is CNC(C)CNC(=O)C(Oc1ccc(Br)cc1F)c1ccccc1. The molecule has 6 heteroatoms. The lowest BCUT2D eigenvalue weighted by molar-refractivity contribution is -0.128. The first-order chi connectivity index (χ1) is 11.5. The van der Waals surface area contributed by atoms with E-state index in [2.05, 4.69) is 26.6 Å². The number of hydrogen-bond donors (Lipinski definition) is 2. The van der Waals surface area contributed by atoms with E-state index in [-0.39, 0.29) is 17.7 Å². The molecule has 0 saturated carbocycles. The molecule has 2 aromatic carbocycles. The number of nitrogens with one attached hydrogen (secondary N) is 2. The molecule has 2 aromatic rings. The molecular formula is C18H20BrFN2O2. The van der Waals surface area contributed by atoms with Crippen molar-refractivity contribution < 1.29 is 13.9 Å². The quantitative estimate of drug-likeness (QED) is 0.756. The summed E-state index contributed by atoms with van der Waals surface area (Å²) in [5.74, 6) is -0.809. The number of rotatable bonds is 7. The van der Waals surface area contributed by atoms with Gasteiger partial charge in [-0.1, -0.05) is 46.3 Å². The Hall–Kier alpha value is -1.92. The van der Waals surface area contributed by atoms with Crippen LogP contribution in [0.1, 0.15) is 18.6 Å². The van der Waals surface area contributed by atoms with Crippen LogP contribution in [0.25, 0.3) is 0 Å². The van der Waals surface area contributed by atoms with Gasteiger partial charge in [0, 0.05) is 22.6 Å². The Morgan fingerprint density at radius 3 is 2.58 bits per heavy atom. The van der Waals surface area contributed by atoms with Crippen LogP contribution < -0.4 is 15.4 Å². The summed E-state index contributed by atoms with van der Waals surface area (Å²) in [4.78, 5) is 12.6. The Balaban J connectivity index is 2.21. The number of amides is 1. The second-order valence-electron chi connectivity index (χ2n) is 5.42. The average molecular weight is 395 g/mol. The monoisotopic (exact) mass is 394 g/mol. The van der Waals surface area contributed by atoms with Gasteiger partial charge >= 0.3 is 0 Å². The van der Waals surface area contributed by atoms with Crippen LogP contribution in [-0.4, -0.2) is 25.5 Å². The summed E-state index contributed by atoms with van der Waals surface area (Å²) in [7, 11) is 1.82. The van der Waals surface area contributed by atoms with Gasteiger partial charge in [0.25, 0.3) is 5.91 Å². The predicted octanol–water partition coefficient (Wildman–Crippen LogP) is 3.43. The Kier molecular flexibility index (Phi) is 6.75. The Labute approximate surface area is 149 Å². The maximum atomic E-state index is 14.1. The molecule has 1 amide bonds. The fraction of sp³-hybridized carbons (Fsp3) is 0.278. The zero-order valence-electron chi connectivity index (χ0n) is 13.6. The first-order valence-electron chi connectivity index (χ1n) is 7.63. The van der Waals surface area contributed by atoms with E-state index in [1.165, 1.54) is 12.1 Å². The van der Waals surface area contributed by atoms with E-state index in [0.29, 0.717) is 16.6 Å². The van der Waals surface area contributed by atoms with Gasteiger partial charge in [-0.2, -0.15) is 0 Å². The van der Waals surface area contributed by atoms with Gasteiger partial charge in [-0.25, -0.2) is 4.39 Å². The highest BCUT2D eigenvalue weighted by atomic mass is 79.9. The van der Waals surface area contributed by atoms with Gasteiger partial charge in [-0.05, 0) is 32.2 Å². The third kappa shape index (κ3) is 5.04. The molecule has 2 rings (SSSR count). The fourth-order valence-electron chi connectivity index (χ4n) is 2.05. The summed E-state index contributed by atoms with van der Waals surface area (Å²) >= 11 is 3.20. The molecule has 4 nitrogen and oxygen atoms in total. The normalized spacial score (nSPS) is 13.2. The summed E-state index contributed by atoms with van der Waals surface area (Å²) in [6.45, 7) is 2.40. The molecule has 0 fully saturated rings. The van der Waals surface area contributed by atoms with E-state index in [1.54, 1.807) is 18.2 Å². The van der Waals surface area contributed by atoms with Crippen LogP contribution in [0, 0.1) is 5.82 Å². The molecule has 0 saturated heterocycles. The summed E-state index contributed by atoms with van der Waals surface area (Å²) in [6, 6.07) is 13.6. The Morgan fingerprint density at radius 1 is 1.25 bits per heavy atom. The third-order valence-corrected chi connectivity index (χ3v) is 4.05. The van der Waals surface area contributed by atoms with Crippen molar-refractivity contribution in [2.45, 2.75) is 19.1 Å². The number of halogens is 2. The third-order valence-electron chi connectivity index (χ3n) is 3.55. The number of hydrogen-bond acceptors (Lipinski definition) is 3. The summed E-state index contributed by atoms with van der Waals surface area (Å²) in [6.07, 6.45) is -0.925. The lowest BCUT2D eigenvalue weighted by Gasteiger charge is -2.21. The zero-order chi connectivity index (χ0) is 17.5. The van der Waals surface area contributed by atoms with Crippen LogP contribution >= 0.6 is 15.9 Å². The number of ether oxygens (including phenoxy) is 1. The predicted molar refractivity (Wildman–Crippen MR) is 95.4 cm³/mol.